The minimum absolute atomic E-state index is 0.0247. The van der Waals surface area contributed by atoms with Crippen molar-refractivity contribution in [3.63, 3.8) is 0 Å². The van der Waals surface area contributed by atoms with Crippen LogP contribution in [0.25, 0.3) is 0 Å². The summed E-state index contributed by atoms with van der Waals surface area (Å²) in [5, 5.41) is 4.00. The Morgan fingerprint density at radius 1 is 1.33 bits per heavy atom. The number of aromatic nitrogens is 2. The quantitative estimate of drug-likeness (QED) is 0.808. The largest absolute Gasteiger partial charge is 0.367 e. The molecule has 1 aromatic heterocycles. The van der Waals surface area contributed by atoms with E-state index in [4.69, 9.17) is 9.26 Å². The van der Waals surface area contributed by atoms with Crippen molar-refractivity contribution in [1.82, 2.24) is 10.1 Å². The van der Waals surface area contributed by atoms with Gasteiger partial charge in [-0.1, -0.05) is 35.5 Å². The van der Waals surface area contributed by atoms with Crippen molar-refractivity contribution >= 4 is 5.78 Å². The Balaban J connectivity index is 1.81. The number of carbonyl (C=O) groups is 1. The number of hydrogen-bond donors (Lipinski definition) is 0. The molecule has 1 aliphatic heterocycles. The number of nitrogens with zero attached hydrogens (tertiary/aromatic N) is 2. The van der Waals surface area contributed by atoms with Crippen LogP contribution in [-0.2, 0) is 10.3 Å². The van der Waals surface area contributed by atoms with Gasteiger partial charge < -0.3 is 9.26 Å². The highest BCUT2D eigenvalue weighted by Crippen LogP contribution is 2.34. The Bertz CT molecular complexity index is 630. The summed E-state index contributed by atoms with van der Waals surface area (Å²) < 4.78 is 11.0. The first-order valence-electron chi connectivity index (χ1n) is 7.17. The van der Waals surface area contributed by atoms with Crippen LogP contribution >= 0.6 is 0 Å². The first-order valence-corrected chi connectivity index (χ1v) is 7.17. The van der Waals surface area contributed by atoms with Crippen LogP contribution in [0, 0.1) is 0 Å². The van der Waals surface area contributed by atoms with Gasteiger partial charge in [-0.3, -0.25) is 4.79 Å². The molecule has 21 heavy (non-hydrogen) atoms. The lowest BCUT2D eigenvalue weighted by Gasteiger charge is -2.17. The Labute approximate surface area is 123 Å². The number of rotatable bonds is 4. The van der Waals surface area contributed by atoms with Gasteiger partial charge in [0.2, 0.25) is 11.7 Å². The molecule has 0 N–H and O–H groups in total. The van der Waals surface area contributed by atoms with E-state index in [1.54, 1.807) is 19.1 Å². The molecule has 1 aromatic carbocycles. The molecule has 0 aliphatic carbocycles. The molecule has 0 amide bonds. The maximum atomic E-state index is 12.4. The third-order valence-electron chi connectivity index (χ3n) is 3.96. The van der Waals surface area contributed by atoms with Crippen LogP contribution in [-0.4, -0.2) is 22.5 Å². The van der Waals surface area contributed by atoms with Crippen molar-refractivity contribution in [2.45, 2.75) is 38.2 Å². The molecule has 1 saturated heterocycles. The van der Waals surface area contributed by atoms with Crippen molar-refractivity contribution < 1.29 is 14.1 Å². The average molecular weight is 286 g/mol. The van der Waals surface area contributed by atoms with Crippen molar-refractivity contribution in [1.29, 1.82) is 0 Å². The summed E-state index contributed by atoms with van der Waals surface area (Å²) >= 11 is 0. The second kappa shape index (κ2) is 5.41. The van der Waals surface area contributed by atoms with Crippen molar-refractivity contribution in [3.05, 3.63) is 47.6 Å². The van der Waals surface area contributed by atoms with Gasteiger partial charge in [-0.05, 0) is 26.7 Å². The maximum absolute atomic E-state index is 12.4. The highest BCUT2D eigenvalue weighted by molar-refractivity contribution is 6.00. The molecular weight excluding hydrogens is 268 g/mol. The molecule has 110 valence electrons. The fourth-order valence-electron chi connectivity index (χ4n) is 2.55. The third-order valence-corrected chi connectivity index (χ3v) is 3.96. The molecule has 3 rings (SSSR count). The summed E-state index contributed by atoms with van der Waals surface area (Å²) in [5.41, 5.74) is 0.158. The number of benzene rings is 1. The number of ketones is 1. The second-order valence-electron chi connectivity index (χ2n) is 5.59. The Hall–Kier alpha value is -2.01. The Morgan fingerprint density at radius 3 is 2.76 bits per heavy atom. The fourth-order valence-corrected chi connectivity index (χ4v) is 2.55. The molecule has 2 atom stereocenters. The topological polar surface area (TPSA) is 65.2 Å². The van der Waals surface area contributed by atoms with Gasteiger partial charge in [0.15, 0.2) is 5.78 Å². The lowest BCUT2D eigenvalue weighted by Crippen LogP contribution is -2.22. The normalized spacial score (nSPS) is 23.1. The number of hydrogen-bond acceptors (Lipinski definition) is 5. The molecule has 1 fully saturated rings. The fraction of sp³-hybridized carbons (Fsp3) is 0.438. The summed E-state index contributed by atoms with van der Waals surface area (Å²) in [6.07, 6.45) is 1.85. The number of carbonyl (C=O) groups excluding carboxylic acids is 1. The van der Waals surface area contributed by atoms with E-state index >= 15 is 0 Å². The first-order chi connectivity index (χ1) is 10.1. The molecule has 2 heterocycles. The average Bonchev–Trinajstić information content (AvgIpc) is 3.16. The third kappa shape index (κ3) is 2.61. The van der Waals surface area contributed by atoms with Crippen LogP contribution in [0.2, 0.25) is 0 Å². The van der Waals surface area contributed by atoms with Crippen molar-refractivity contribution in [2.24, 2.45) is 0 Å². The highest BCUT2D eigenvalue weighted by atomic mass is 16.5. The zero-order chi connectivity index (χ0) is 14.9. The van der Waals surface area contributed by atoms with Gasteiger partial charge in [0.1, 0.15) is 5.60 Å². The van der Waals surface area contributed by atoms with Gasteiger partial charge in [0.25, 0.3) is 0 Å². The van der Waals surface area contributed by atoms with Crippen molar-refractivity contribution in [2.75, 3.05) is 6.61 Å². The van der Waals surface area contributed by atoms with Gasteiger partial charge in [-0.25, -0.2) is 0 Å². The van der Waals surface area contributed by atoms with E-state index in [0.29, 0.717) is 23.9 Å². The van der Waals surface area contributed by atoms with E-state index in [1.165, 1.54) is 0 Å². The maximum Gasteiger partial charge on any atom is 0.237 e. The number of ether oxygens (including phenoxy) is 1. The predicted molar refractivity (Wildman–Crippen MR) is 76.0 cm³/mol. The molecule has 5 nitrogen and oxygen atoms in total. The minimum atomic E-state index is -0.489. The smallest absolute Gasteiger partial charge is 0.237 e. The SMILES string of the molecule is CC(C(=O)c1ccccc1)c1nc(C2(C)CCCO2)no1. The van der Waals surface area contributed by atoms with Crippen LogP contribution in [0.4, 0.5) is 0 Å². The van der Waals surface area contributed by atoms with E-state index in [2.05, 4.69) is 10.1 Å². The van der Waals surface area contributed by atoms with Crippen LogP contribution < -0.4 is 0 Å². The first kappa shape index (κ1) is 13.9. The molecule has 0 saturated carbocycles. The zero-order valence-electron chi connectivity index (χ0n) is 12.2. The summed E-state index contributed by atoms with van der Waals surface area (Å²) in [5.74, 6) is 0.389. The zero-order valence-corrected chi connectivity index (χ0v) is 12.2. The van der Waals surface area contributed by atoms with E-state index in [1.807, 2.05) is 25.1 Å². The Morgan fingerprint density at radius 2 is 2.10 bits per heavy atom. The predicted octanol–water partition coefficient (Wildman–Crippen LogP) is 3.08. The van der Waals surface area contributed by atoms with Gasteiger partial charge in [0, 0.05) is 12.2 Å². The highest BCUT2D eigenvalue weighted by Gasteiger charge is 2.37. The van der Waals surface area contributed by atoms with Gasteiger partial charge in [-0.2, -0.15) is 4.98 Å². The van der Waals surface area contributed by atoms with Crippen LogP contribution in [0.3, 0.4) is 0 Å². The summed E-state index contributed by atoms with van der Waals surface area (Å²) in [7, 11) is 0. The monoisotopic (exact) mass is 286 g/mol. The van der Waals surface area contributed by atoms with Gasteiger partial charge >= 0.3 is 0 Å². The van der Waals surface area contributed by atoms with E-state index in [9.17, 15) is 4.79 Å². The van der Waals surface area contributed by atoms with Gasteiger partial charge in [-0.15, -0.1) is 0 Å². The minimum Gasteiger partial charge on any atom is -0.367 e. The second-order valence-corrected chi connectivity index (χ2v) is 5.59. The molecule has 2 unspecified atom stereocenters. The lowest BCUT2D eigenvalue weighted by atomic mass is 9.99. The molecule has 5 heteroatoms. The molecule has 0 radical (unpaired) electrons. The molecule has 0 spiro atoms. The Kier molecular flexibility index (Phi) is 3.59. The van der Waals surface area contributed by atoms with Crippen LogP contribution in [0.1, 0.15) is 54.7 Å². The van der Waals surface area contributed by atoms with E-state index in [0.717, 1.165) is 12.8 Å². The number of Topliss-reactive ketones (excluding diaryl/α,β-unsaturated/α-hetero) is 1. The molecule has 2 aromatic rings. The van der Waals surface area contributed by atoms with Crippen LogP contribution in [0.15, 0.2) is 34.9 Å². The molecule has 1 aliphatic rings. The molecule has 0 bridgehead atoms. The van der Waals surface area contributed by atoms with Crippen molar-refractivity contribution in [3.8, 4) is 0 Å². The summed E-state index contributed by atoms with van der Waals surface area (Å²) in [6, 6.07) is 9.14. The summed E-state index contributed by atoms with van der Waals surface area (Å²) in [4.78, 5) is 16.8. The standard InChI is InChI=1S/C16H18N2O3/c1-11(13(19)12-7-4-3-5-8-12)14-17-15(18-21-14)16(2)9-6-10-20-16/h3-5,7-8,11H,6,9-10H2,1-2H3. The lowest BCUT2D eigenvalue weighted by molar-refractivity contribution is 0.00768. The van der Waals surface area contributed by atoms with Crippen LogP contribution in [0.5, 0.6) is 0 Å². The van der Waals surface area contributed by atoms with Gasteiger partial charge in [0.05, 0.1) is 5.92 Å². The molecular formula is C16H18N2O3. The van der Waals surface area contributed by atoms with E-state index in [-0.39, 0.29) is 5.78 Å². The summed E-state index contributed by atoms with van der Waals surface area (Å²) in [6.45, 7) is 4.45. The van der Waals surface area contributed by atoms with E-state index < -0.39 is 11.5 Å².